The fourth-order valence-electron chi connectivity index (χ4n) is 2.08. The third-order valence-corrected chi connectivity index (χ3v) is 3.33. The van der Waals surface area contributed by atoms with Gasteiger partial charge in [-0.05, 0) is 42.3 Å². The second-order valence-corrected chi connectivity index (χ2v) is 5.28. The van der Waals surface area contributed by atoms with Gasteiger partial charge in [-0.2, -0.15) is 0 Å². The summed E-state index contributed by atoms with van der Waals surface area (Å²) < 4.78 is 23.6. The predicted octanol–water partition coefficient (Wildman–Crippen LogP) is 3.94. The van der Waals surface area contributed by atoms with Gasteiger partial charge in [0.25, 0.3) is 0 Å². The van der Waals surface area contributed by atoms with Crippen LogP contribution in [0.5, 0.6) is 0 Å². The number of anilines is 2. The number of urea groups is 1. The maximum absolute atomic E-state index is 13.3. The molecule has 0 aromatic heterocycles. The summed E-state index contributed by atoms with van der Waals surface area (Å²) in [6.45, 7) is 3.28. The highest BCUT2D eigenvalue weighted by Gasteiger charge is 2.06. The van der Waals surface area contributed by atoms with Crippen molar-refractivity contribution in [2.24, 2.45) is 0 Å². The van der Waals surface area contributed by atoms with Crippen molar-refractivity contribution in [2.45, 2.75) is 13.5 Å². The van der Waals surface area contributed by atoms with Crippen LogP contribution in [-0.4, -0.2) is 26.4 Å². The molecule has 128 valence electrons. The molecule has 24 heavy (non-hydrogen) atoms. The molecule has 0 saturated heterocycles. The third-order valence-electron chi connectivity index (χ3n) is 3.33. The first-order chi connectivity index (χ1) is 11.6. The Morgan fingerprint density at radius 2 is 1.96 bits per heavy atom. The number of carbonyl (C=O) groups is 1. The summed E-state index contributed by atoms with van der Waals surface area (Å²) in [4.78, 5) is 12.1. The van der Waals surface area contributed by atoms with Crippen LogP contribution in [0.2, 0.25) is 0 Å². The number of hydrogen-bond acceptors (Lipinski definition) is 3. The maximum Gasteiger partial charge on any atom is 0.323 e. The molecular weight excluding hydrogens is 311 g/mol. The molecule has 0 heterocycles. The first kappa shape index (κ1) is 17.9. The van der Waals surface area contributed by atoms with E-state index in [4.69, 9.17) is 9.47 Å². The monoisotopic (exact) mass is 332 g/mol. The molecular formula is C18H21FN2O3. The number of halogens is 1. The van der Waals surface area contributed by atoms with Gasteiger partial charge < -0.3 is 20.1 Å². The molecule has 0 aliphatic heterocycles. The molecule has 2 rings (SSSR count). The second-order valence-electron chi connectivity index (χ2n) is 5.28. The summed E-state index contributed by atoms with van der Waals surface area (Å²) in [5.41, 5.74) is 2.79. The Balaban J connectivity index is 1.92. The lowest BCUT2D eigenvalue weighted by Crippen LogP contribution is -2.20. The summed E-state index contributed by atoms with van der Waals surface area (Å²) in [5, 5.41) is 5.37. The van der Waals surface area contributed by atoms with Gasteiger partial charge in [0.15, 0.2) is 0 Å². The summed E-state index contributed by atoms with van der Waals surface area (Å²) in [6, 6.07) is 11.2. The van der Waals surface area contributed by atoms with Crippen molar-refractivity contribution < 1.29 is 18.7 Å². The largest absolute Gasteiger partial charge is 0.382 e. The SMILES string of the molecule is COCCOCc1cccc(NC(=O)Nc2cc(F)ccc2C)c1. The Morgan fingerprint density at radius 1 is 1.12 bits per heavy atom. The van der Waals surface area contributed by atoms with Crippen LogP contribution in [0.25, 0.3) is 0 Å². The number of amides is 2. The molecule has 2 N–H and O–H groups in total. The minimum absolute atomic E-state index is 0.397. The Morgan fingerprint density at radius 3 is 2.75 bits per heavy atom. The number of rotatable bonds is 7. The molecule has 2 amide bonds. The Labute approximate surface area is 140 Å². The van der Waals surface area contributed by atoms with E-state index < -0.39 is 11.8 Å². The van der Waals surface area contributed by atoms with E-state index in [1.54, 1.807) is 26.2 Å². The topological polar surface area (TPSA) is 59.6 Å². The normalized spacial score (nSPS) is 10.5. The maximum atomic E-state index is 13.3. The van der Waals surface area contributed by atoms with Gasteiger partial charge in [-0.15, -0.1) is 0 Å². The fourth-order valence-corrected chi connectivity index (χ4v) is 2.08. The van der Waals surface area contributed by atoms with E-state index >= 15 is 0 Å². The molecule has 2 aromatic rings. The first-order valence-electron chi connectivity index (χ1n) is 7.58. The summed E-state index contributed by atoms with van der Waals surface area (Å²) >= 11 is 0. The minimum Gasteiger partial charge on any atom is -0.382 e. The van der Waals surface area contributed by atoms with Crippen molar-refractivity contribution in [2.75, 3.05) is 31.0 Å². The smallest absolute Gasteiger partial charge is 0.323 e. The zero-order valence-electron chi connectivity index (χ0n) is 13.8. The van der Waals surface area contributed by atoms with Gasteiger partial charge >= 0.3 is 6.03 Å². The second kappa shape index (κ2) is 9.00. The van der Waals surface area contributed by atoms with E-state index in [2.05, 4.69) is 10.6 Å². The van der Waals surface area contributed by atoms with Crippen molar-refractivity contribution in [3.8, 4) is 0 Å². The molecule has 0 saturated carbocycles. The average Bonchev–Trinajstić information content (AvgIpc) is 2.55. The van der Waals surface area contributed by atoms with E-state index in [-0.39, 0.29) is 0 Å². The average molecular weight is 332 g/mol. The predicted molar refractivity (Wildman–Crippen MR) is 91.8 cm³/mol. The van der Waals surface area contributed by atoms with Crippen molar-refractivity contribution in [1.29, 1.82) is 0 Å². The number of hydrogen-bond donors (Lipinski definition) is 2. The summed E-state index contributed by atoms with van der Waals surface area (Å²) in [7, 11) is 1.62. The Kier molecular flexibility index (Phi) is 6.72. The van der Waals surface area contributed by atoms with Crippen molar-refractivity contribution in [3.63, 3.8) is 0 Å². The molecule has 0 spiro atoms. The third kappa shape index (κ3) is 5.64. The highest BCUT2D eigenvalue weighted by molar-refractivity contribution is 6.00. The van der Waals surface area contributed by atoms with E-state index in [0.29, 0.717) is 31.2 Å². The zero-order valence-corrected chi connectivity index (χ0v) is 13.8. The van der Waals surface area contributed by atoms with Crippen LogP contribution in [0.15, 0.2) is 42.5 Å². The minimum atomic E-state index is -0.429. The van der Waals surface area contributed by atoms with Crippen LogP contribution >= 0.6 is 0 Å². The van der Waals surface area contributed by atoms with Gasteiger partial charge in [0.2, 0.25) is 0 Å². The number of carbonyl (C=O) groups excluding carboxylic acids is 1. The zero-order chi connectivity index (χ0) is 17.4. The molecule has 0 radical (unpaired) electrons. The quantitative estimate of drug-likeness (QED) is 0.755. The number of methoxy groups -OCH3 is 1. The molecule has 0 aliphatic carbocycles. The van der Waals surface area contributed by atoms with Crippen LogP contribution in [0.4, 0.5) is 20.6 Å². The van der Waals surface area contributed by atoms with Gasteiger partial charge in [0.05, 0.1) is 19.8 Å². The number of nitrogens with one attached hydrogen (secondary N) is 2. The van der Waals surface area contributed by atoms with Gasteiger partial charge in [-0.3, -0.25) is 0 Å². The van der Waals surface area contributed by atoms with Crippen LogP contribution in [-0.2, 0) is 16.1 Å². The molecule has 0 bridgehead atoms. The van der Waals surface area contributed by atoms with E-state index in [9.17, 15) is 9.18 Å². The van der Waals surface area contributed by atoms with Gasteiger partial charge in [-0.25, -0.2) is 9.18 Å². The fraction of sp³-hybridized carbons (Fsp3) is 0.278. The van der Waals surface area contributed by atoms with Crippen molar-refractivity contribution >= 4 is 17.4 Å². The van der Waals surface area contributed by atoms with Gasteiger partial charge in [-0.1, -0.05) is 18.2 Å². The van der Waals surface area contributed by atoms with Crippen molar-refractivity contribution in [1.82, 2.24) is 0 Å². The van der Waals surface area contributed by atoms with Gasteiger partial charge in [0.1, 0.15) is 5.82 Å². The van der Waals surface area contributed by atoms with Crippen LogP contribution in [0, 0.1) is 12.7 Å². The number of ether oxygens (including phenoxy) is 2. The lowest BCUT2D eigenvalue weighted by Gasteiger charge is -2.11. The molecule has 0 aliphatic rings. The van der Waals surface area contributed by atoms with E-state index in [0.717, 1.165) is 11.1 Å². The lowest BCUT2D eigenvalue weighted by atomic mass is 10.2. The Bertz CT molecular complexity index is 692. The van der Waals surface area contributed by atoms with Crippen molar-refractivity contribution in [3.05, 3.63) is 59.4 Å². The van der Waals surface area contributed by atoms with Crippen LogP contribution in [0.3, 0.4) is 0 Å². The first-order valence-corrected chi connectivity index (χ1v) is 7.58. The molecule has 5 nitrogen and oxygen atoms in total. The van der Waals surface area contributed by atoms with Crippen LogP contribution in [0.1, 0.15) is 11.1 Å². The Hall–Kier alpha value is -2.44. The van der Waals surface area contributed by atoms with E-state index in [1.807, 2.05) is 18.2 Å². The highest BCUT2D eigenvalue weighted by atomic mass is 19.1. The molecule has 6 heteroatoms. The summed E-state index contributed by atoms with van der Waals surface area (Å²) in [6.07, 6.45) is 0. The molecule has 0 atom stereocenters. The van der Waals surface area contributed by atoms with Crippen LogP contribution < -0.4 is 10.6 Å². The standard InChI is InChI=1S/C18H21FN2O3/c1-13-6-7-15(19)11-17(13)21-18(22)20-16-5-3-4-14(10-16)12-24-9-8-23-2/h3-7,10-11H,8-9,12H2,1-2H3,(H2,20,21,22). The summed E-state index contributed by atoms with van der Waals surface area (Å²) in [5.74, 6) is -0.397. The highest BCUT2D eigenvalue weighted by Crippen LogP contribution is 2.17. The lowest BCUT2D eigenvalue weighted by molar-refractivity contribution is 0.0617. The van der Waals surface area contributed by atoms with E-state index in [1.165, 1.54) is 12.1 Å². The van der Waals surface area contributed by atoms with Gasteiger partial charge in [0, 0.05) is 18.5 Å². The molecule has 2 aromatic carbocycles. The number of aryl methyl sites for hydroxylation is 1. The molecule has 0 fully saturated rings. The number of benzene rings is 2. The molecule has 0 unspecified atom stereocenters.